The first-order chi connectivity index (χ1) is 13.5. The number of rotatable bonds is 3. The van der Waals surface area contributed by atoms with Crippen LogP contribution in [0.4, 0.5) is 18.9 Å². The molecule has 0 aliphatic rings. The van der Waals surface area contributed by atoms with E-state index in [1.807, 2.05) is 0 Å². The number of alkyl halides is 3. The zero-order valence-electron chi connectivity index (χ0n) is 14.4. The minimum atomic E-state index is -4.63. The maximum absolute atomic E-state index is 12.9. The quantitative estimate of drug-likeness (QED) is 0.407. The molecule has 0 bridgehead atoms. The minimum Gasteiger partial charge on any atom is -0.295 e. The number of aromatic amines is 1. The Morgan fingerprint density at radius 3 is 2.21 bits per heavy atom. The number of aromatic nitrogens is 2. The highest BCUT2D eigenvalue weighted by Crippen LogP contribution is 2.37. The maximum atomic E-state index is 12.9. The van der Waals surface area contributed by atoms with Crippen LogP contribution in [0.5, 0.6) is 0 Å². The van der Waals surface area contributed by atoms with Crippen LogP contribution in [0.3, 0.4) is 0 Å². The highest BCUT2D eigenvalue weighted by molar-refractivity contribution is 6.38. The van der Waals surface area contributed by atoms with Gasteiger partial charge in [0.05, 0.1) is 31.9 Å². The van der Waals surface area contributed by atoms with Crippen molar-refractivity contribution < 1.29 is 13.2 Å². The summed E-state index contributed by atoms with van der Waals surface area (Å²) in [7, 11) is 0. The van der Waals surface area contributed by atoms with Crippen molar-refractivity contribution >= 4 is 58.3 Å². The van der Waals surface area contributed by atoms with Crippen molar-refractivity contribution in [2.24, 2.45) is 4.99 Å². The molecule has 152 valence electrons. The molecule has 11 heteroatoms. The summed E-state index contributed by atoms with van der Waals surface area (Å²) in [4.78, 5) is 17.0. The Bertz CT molecular complexity index is 1160. The van der Waals surface area contributed by atoms with E-state index in [0.717, 1.165) is 4.68 Å². The fourth-order valence-electron chi connectivity index (χ4n) is 2.53. The Morgan fingerprint density at radius 1 is 1.03 bits per heavy atom. The first kappa shape index (κ1) is 21.8. The highest BCUT2D eigenvalue weighted by Gasteiger charge is 2.32. The molecule has 0 spiro atoms. The molecule has 0 aliphatic heterocycles. The summed E-state index contributed by atoms with van der Waals surface area (Å²) in [5.41, 5.74) is -0.780. The molecule has 0 fully saturated rings. The molecule has 4 nitrogen and oxygen atoms in total. The van der Waals surface area contributed by atoms with Crippen LogP contribution in [-0.4, -0.2) is 16.0 Å². The lowest BCUT2D eigenvalue weighted by Gasteiger charge is -2.12. The van der Waals surface area contributed by atoms with Crippen molar-refractivity contribution in [3.8, 4) is 5.69 Å². The third kappa shape index (κ3) is 4.48. The molecule has 0 atom stereocenters. The number of nitrogens with zero attached hydrogens (tertiary/aromatic N) is 2. The number of nitrogens with one attached hydrogen (secondary N) is 1. The third-order valence-electron chi connectivity index (χ3n) is 3.93. The maximum Gasteiger partial charge on any atom is 0.416 e. The fourth-order valence-corrected chi connectivity index (χ4v) is 3.65. The van der Waals surface area contributed by atoms with Crippen molar-refractivity contribution in [1.82, 2.24) is 9.78 Å². The number of hydrogen-bond donors (Lipinski definition) is 1. The van der Waals surface area contributed by atoms with Gasteiger partial charge in [0.1, 0.15) is 5.69 Å². The van der Waals surface area contributed by atoms with E-state index in [1.54, 1.807) is 19.1 Å². The summed E-state index contributed by atoms with van der Waals surface area (Å²) in [5.74, 6) is 0. The molecule has 29 heavy (non-hydrogen) atoms. The van der Waals surface area contributed by atoms with Crippen LogP contribution in [0.2, 0.25) is 20.1 Å². The van der Waals surface area contributed by atoms with Crippen LogP contribution in [0.1, 0.15) is 16.8 Å². The van der Waals surface area contributed by atoms with Crippen molar-refractivity contribution in [1.29, 1.82) is 0 Å². The van der Waals surface area contributed by atoms with Gasteiger partial charge in [-0.3, -0.25) is 14.9 Å². The van der Waals surface area contributed by atoms with Crippen LogP contribution in [-0.2, 0) is 6.18 Å². The van der Waals surface area contributed by atoms with Gasteiger partial charge >= 0.3 is 6.18 Å². The Hall–Kier alpha value is -1.93. The normalized spacial score (nSPS) is 12.1. The number of H-pyrrole nitrogens is 1. The molecule has 2 aromatic carbocycles. The van der Waals surface area contributed by atoms with Crippen LogP contribution < -0.4 is 5.56 Å². The van der Waals surface area contributed by atoms with Gasteiger partial charge in [-0.1, -0.05) is 46.4 Å². The average molecular weight is 483 g/mol. The van der Waals surface area contributed by atoms with Gasteiger partial charge in [0.15, 0.2) is 0 Å². The lowest BCUT2D eigenvalue weighted by molar-refractivity contribution is -0.137. The first-order valence-corrected chi connectivity index (χ1v) is 9.37. The molecule has 0 unspecified atom stereocenters. The van der Waals surface area contributed by atoms with Gasteiger partial charge in [0, 0.05) is 16.9 Å². The Kier molecular flexibility index (Phi) is 6.06. The zero-order chi connectivity index (χ0) is 21.5. The topological polar surface area (TPSA) is 50.1 Å². The number of hydrogen-bond acceptors (Lipinski definition) is 2. The first-order valence-electron chi connectivity index (χ1n) is 7.86. The number of aryl methyl sites for hydroxylation is 1. The molecular formula is C18H10Cl4F3N3O. The average Bonchev–Trinajstić information content (AvgIpc) is 2.87. The van der Waals surface area contributed by atoms with Gasteiger partial charge in [-0.05, 0) is 37.3 Å². The molecular weight excluding hydrogens is 473 g/mol. The lowest BCUT2D eigenvalue weighted by atomic mass is 10.2. The second-order valence-corrected chi connectivity index (χ2v) is 7.59. The smallest absolute Gasteiger partial charge is 0.295 e. The molecule has 1 aromatic heterocycles. The molecule has 1 N–H and O–H groups in total. The SMILES string of the molecule is Cc1[nH]n(-c2c(Cl)cc(C(F)(F)F)cc2Cl)c(=O)c1C=Nc1ccc(Cl)cc1Cl. The van der Waals surface area contributed by atoms with Gasteiger partial charge in [0.25, 0.3) is 5.56 Å². The van der Waals surface area contributed by atoms with Crippen molar-refractivity contribution in [2.45, 2.75) is 13.1 Å². The van der Waals surface area contributed by atoms with Crippen molar-refractivity contribution in [2.75, 3.05) is 0 Å². The molecule has 0 amide bonds. The van der Waals surface area contributed by atoms with Gasteiger partial charge in [-0.15, -0.1) is 0 Å². The molecule has 0 saturated heterocycles. The van der Waals surface area contributed by atoms with E-state index in [0.29, 0.717) is 28.5 Å². The Labute approximate surface area is 182 Å². The Balaban J connectivity index is 2.07. The van der Waals surface area contributed by atoms with Gasteiger partial charge in [-0.25, -0.2) is 4.68 Å². The summed E-state index contributed by atoms with van der Waals surface area (Å²) >= 11 is 23.9. The van der Waals surface area contributed by atoms with Crippen LogP contribution in [0, 0.1) is 6.92 Å². The van der Waals surface area contributed by atoms with Crippen LogP contribution >= 0.6 is 46.4 Å². The number of benzene rings is 2. The standard InChI is InChI=1S/C18H10Cl4F3N3O/c1-8-11(7-26-15-3-2-10(19)6-12(15)20)17(29)28(27-8)16-13(21)4-9(5-14(16)22)18(23,24)25/h2-7,27H,1H3. The predicted octanol–water partition coefficient (Wildman–Crippen LogP) is 6.86. The zero-order valence-corrected chi connectivity index (χ0v) is 17.4. The second kappa shape index (κ2) is 8.07. The molecule has 1 heterocycles. The highest BCUT2D eigenvalue weighted by atomic mass is 35.5. The van der Waals surface area contributed by atoms with E-state index in [1.165, 1.54) is 12.3 Å². The summed E-state index contributed by atoms with van der Waals surface area (Å²) in [5, 5.41) is 2.79. The molecule has 3 rings (SSSR count). The summed E-state index contributed by atoms with van der Waals surface area (Å²) in [6.45, 7) is 1.59. The predicted molar refractivity (Wildman–Crippen MR) is 110 cm³/mol. The molecule has 0 aliphatic carbocycles. The van der Waals surface area contributed by atoms with E-state index in [9.17, 15) is 18.0 Å². The van der Waals surface area contributed by atoms with E-state index < -0.39 is 17.3 Å². The van der Waals surface area contributed by atoms with E-state index in [-0.39, 0.29) is 26.3 Å². The van der Waals surface area contributed by atoms with Gasteiger partial charge in [-0.2, -0.15) is 13.2 Å². The number of halogens is 7. The fraction of sp³-hybridized carbons (Fsp3) is 0.111. The number of aliphatic imine (C=N–C) groups is 1. The molecule has 0 radical (unpaired) electrons. The summed E-state index contributed by atoms with van der Waals surface area (Å²) in [6.07, 6.45) is -3.34. The summed E-state index contributed by atoms with van der Waals surface area (Å²) < 4.78 is 39.7. The largest absolute Gasteiger partial charge is 0.416 e. The second-order valence-electron chi connectivity index (χ2n) is 5.93. The van der Waals surface area contributed by atoms with E-state index in [4.69, 9.17) is 46.4 Å². The summed E-state index contributed by atoms with van der Waals surface area (Å²) in [6, 6.07) is 6.06. The van der Waals surface area contributed by atoms with Crippen molar-refractivity contribution in [3.63, 3.8) is 0 Å². The van der Waals surface area contributed by atoms with E-state index in [2.05, 4.69) is 10.1 Å². The van der Waals surface area contributed by atoms with Crippen LogP contribution in [0.25, 0.3) is 5.69 Å². The van der Waals surface area contributed by atoms with Crippen LogP contribution in [0.15, 0.2) is 40.1 Å². The van der Waals surface area contributed by atoms with Gasteiger partial charge in [0.2, 0.25) is 0 Å². The minimum absolute atomic E-state index is 0.0985. The van der Waals surface area contributed by atoms with Gasteiger partial charge < -0.3 is 0 Å². The molecule has 3 aromatic rings. The Morgan fingerprint density at radius 2 is 1.66 bits per heavy atom. The van der Waals surface area contributed by atoms with Crippen molar-refractivity contribution in [3.05, 3.63) is 77.6 Å². The van der Waals surface area contributed by atoms with E-state index >= 15 is 0 Å². The lowest BCUT2D eigenvalue weighted by Crippen LogP contribution is -2.18. The third-order valence-corrected chi connectivity index (χ3v) is 5.04. The molecule has 0 saturated carbocycles. The monoisotopic (exact) mass is 481 g/mol.